The summed E-state index contributed by atoms with van der Waals surface area (Å²) >= 11 is 3.46. The summed E-state index contributed by atoms with van der Waals surface area (Å²) in [6.07, 6.45) is 3.42. The van der Waals surface area contributed by atoms with Crippen molar-refractivity contribution in [2.24, 2.45) is 0 Å². The van der Waals surface area contributed by atoms with Crippen LogP contribution in [0.1, 0.15) is 37.2 Å². The highest BCUT2D eigenvalue weighted by molar-refractivity contribution is 9.09. The second-order valence-corrected chi connectivity index (χ2v) is 4.35. The molecule has 0 atom stereocenters. The molecule has 0 spiro atoms. The minimum absolute atomic E-state index is 0.108. The Bertz CT molecular complexity index is 328. The van der Waals surface area contributed by atoms with Gasteiger partial charge >= 0.3 is 0 Å². The monoisotopic (exact) mass is 284 g/mol. The van der Waals surface area contributed by atoms with Gasteiger partial charge in [-0.15, -0.1) is 0 Å². The number of pyridine rings is 1. The Kier molecular flexibility index (Phi) is 4.93. The van der Waals surface area contributed by atoms with Crippen molar-refractivity contribution < 1.29 is 4.79 Å². The van der Waals surface area contributed by atoms with Crippen molar-refractivity contribution in [1.29, 1.82) is 0 Å². The van der Waals surface area contributed by atoms with Crippen LogP contribution in [0.5, 0.6) is 0 Å². The third-order valence-electron chi connectivity index (χ3n) is 2.89. The molecular weight excluding hydrogens is 268 g/mol. The zero-order chi connectivity index (χ0) is 12.0. The first kappa shape index (κ1) is 13.2. The van der Waals surface area contributed by atoms with Gasteiger partial charge in [0.25, 0.3) is 5.91 Å². The lowest BCUT2D eigenvalue weighted by Gasteiger charge is -2.30. The topological polar surface area (TPSA) is 42.0 Å². The molecule has 1 aromatic rings. The van der Waals surface area contributed by atoms with Crippen LogP contribution >= 0.6 is 15.9 Å². The SMILES string of the molecule is CCC(CC)(CBr)NC(=O)c1ccccn1. The molecule has 0 saturated heterocycles. The summed E-state index contributed by atoms with van der Waals surface area (Å²) in [5, 5.41) is 3.80. The Morgan fingerprint density at radius 3 is 2.56 bits per heavy atom. The smallest absolute Gasteiger partial charge is 0.270 e. The molecule has 3 nitrogen and oxygen atoms in total. The first-order valence-electron chi connectivity index (χ1n) is 5.47. The highest BCUT2D eigenvalue weighted by Gasteiger charge is 2.27. The Morgan fingerprint density at radius 2 is 2.12 bits per heavy atom. The summed E-state index contributed by atoms with van der Waals surface area (Å²) in [6.45, 7) is 4.15. The van der Waals surface area contributed by atoms with Crippen LogP contribution in [0.4, 0.5) is 0 Å². The van der Waals surface area contributed by atoms with E-state index in [1.54, 1.807) is 18.3 Å². The van der Waals surface area contributed by atoms with Crippen molar-refractivity contribution in [2.45, 2.75) is 32.2 Å². The first-order chi connectivity index (χ1) is 7.67. The Balaban J connectivity index is 2.77. The van der Waals surface area contributed by atoms with E-state index in [0.29, 0.717) is 5.69 Å². The van der Waals surface area contributed by atoms with Crippen LogP contribution in [0, 0.1) is 0 Å². The lowest BCUT2D eigenvalue weighted by Crippen LogP contribution is -2.49. The van der Waals surface area contributed by atoms with Crippen LogP contribution in [-0.2, 0) is 0 Å². The predicted molar refractivity (Wildman–Crippen MR) is 68.8 cm³/mol. The van der Waals surface area contributed by atoms with Crippen molar-refractivity contribution in [3.63, 3.8) is 0 Å². The lowest BCUT2D eigenvalue weighted by atomic mass is 9.95. The van der Waals surface area contributed by atoms with Crippen LogP contribution in [0.15, 0.2) is 24.4 Å². The lowest BCUT2D eigenvalue weighted by molar-refractivity contribution is 0.0898. The van der Waals surface area contributed by atoms with Gasteiger partial charge in [-0.25, -0.2) is 0 Å². The van der Waals surface area contributed by atoms with Gasteiger partial charge in [-0.3, -0.25) is 9.78 Å². The van der Waals surface area contributed by atoms with Crippen LogP contribution in [-0.4, -0.2) is 21.8 Å². The van der Waals surface area contributed by atoms with Gasteiger partial charge in [0.1, 0.15) is 5.69 Å². The quantitative estimate of drug-likeness (QED) is 0.845. The molecule has 1 rings (SSSR count). The zero-order valence-corrected chi connectivity index (χ0v) is 11.3. The molecule has 1 N–H and O–H groups in total. The maximum absolute atomic E-state index is 11.9. The van der Waals surface area contributed by atoms with Crippen molar-refractivity contribution in [3.05, 3.63) is 30.1 Å². The van der Waals surface area contributed by atoms with E-state index in [1.165, 1.54) is 0 Å². The van der Waals surface area contributed by atoms with Gasteiger partial charge in [-0.05, 0) is 25.0 Å². The van der Waals surface area contributed by atoms with Crippen molar-refractivity contribution in [3.8, 4) is 0 Å². The summed E-state index contributed by atoms with van der Waals surface area (Å²) in [5.74, 6) is -0.108. The molecule has 0 aliphatic heterocycles. The average Bonchev–Trinajstić information content (AvgIpc) is 2.37. The number of nitrogens with zero attached hydrogens (tertiary/aromatic N) is 1. The maximum Gasteiger partial charge on any atom is 0.270 e. The van der Waals surface area contributed by atoms with Gasteiger partial charge in [0.2, 0.25) is 0 Å². The number of hydrogen-bond acceptors (Lipinski definition) is 2. The van der Waals surface area contributed by atoms with Crippen LogP contribution < -0.4 is 5.32 Å². The number of amides is 1. The Hall–Kier alpha value is -0.900. The third-order valence-corrected chi connectivity index (χ3v) is 3.96. The van der Waals surface area contributed by atoms with Crippen molar-refractivity contribution >= 4 is 21.8 Å². The number of rotatable bonds is 5. The minimum atomic E-state index is -0.172. The summed E-state index contributed by atoms with van der Waals surface area (Å²) < 4.78 is 0. The molecule has 0 aromatic carbocycles. The molecule has 0 unspecified atom stereocenters. The number of carbonyl (C=O) groups excluding carboxylic acids is 1. The number of alkyl halides is 1. The van der Waals surface area contributed by atoms with Gasteiger partial charge in [0.15, 0.2) is 0 Å². The fourth-order valence-electron chi connectivity index (χ4n) is 1.45. The molecule has 1 aromatic heterocycles. The van der Waals surface area contributed by atoms with Gasteiger partial charge in [0.05, 0.1) is 0 Å². The van der Waals surface area contributed by atoms with Crippen LogP contribution in [0.3, 0.4) is 0 Å². The summed E-state index contributed by atoms with van der Waals surface area (Å²) in [4.78, 5) is 16.0. The third kappa shape index (κ3) is 3.04. The number of carbonyl (C=O) groups is 1. The highest BCUT2D eigenvalue weighted by atomic mass is 79.9. The first-order valence-corrected chi connectivity index (χ1v) is 6.59. The van der Waals surface area contributed by atoms with Crippen molar-refractivity contribution in [2.75, 3.05) is 5.33 Å². The van der Waals surface area contributed by atoms with E-state index in [0.717, 1.165) is 18.2 Å². The average molecular weight is 285 g/mol. The second kappa shape index (κ2) is 5.99. The molecular formula is C12H17BrN2O. The van der Waals surface area contributed by atoms with E-state index in [4.69, 9.17) is 0 Å². The van der Waals surface area contributed by atoms with E-state index in [9.17, 15) is 4.79 Å². The molecule has 88 valence electrons. The van der Waals surface area contributed by atoms with Crippen LogP contribution in [0.2, 0.25) is 0 Å². The molecule has 4 heteroatoms. The maximum atomic E-state index is 11.9. The zero-order valence-electron chi connectivity index (χ0n) is 9.66. The fourth-order valence-corrected chi connectivity index (χ4v) is 2.38. The van der Waals surface area contributed by atoms with Crippen molar-refractivity contribution in [1.82, 2.24) is 10.3 Å². The van der Waals surface area contributed by atoms with E-state index in [2.05, 4.69) is 40.1 Å². The number of aromatic nitrogens is 1. The number of hydrogen-bond donors (Lipinski definition) is 1. The molecule has 0 aliphatic carbocycles. The molecule has 1 amide bonds. The normalized spacial score (nSPS) is 11.2. The molecule has 0 aliphatic rings. The van der Waals surface area contributed by atoms with Crippen LogP contribution in [0.25, 0.3) is 0 Å². The summed E-state index contributed by atoms with van der Waals surface area (Å²) in [7, 11) is 0. The standard InChI is InChI=1S/C12H17BrN2O/c1-3-12(4-2,9-13)15-11(16)10-7-5-6-8-14-10/h5-8H,3-4,9H2,1-2H3,(H,15,16). The van der Waals surface area contributed by atoms with E-state index < -0.39 is 0 Å². The van der Waals surface area contributed by atoms with Gasteiger partial charge < -0.3 is 5.32 Å². The van der Waals surface area contributed by atoms with Gasteiger partial charge in [0, 0.05) is 17.1 Å². The molecule has 16 heavy (non-hydrogen) atoms. The minimum Gasteiger partial charge on any atom is -0.344 e. The van der Waals surface area contributed by atoms with E-state index in [-0.39, 0.29) is 11.4 Å². The molecule has 1 heterocycles. The molecule has 0 radical (unpaired) electrons. The largest absolute Gasteiger partial charge is 0.344 e. The summed E-state index contributed by atoms with van der Waals surface area (Å²) in [5.41, 5.74) is 0.295. The number of halogens is 1. The van der Waals surface area contributed by atoms with Gasteiger partial charge in [-0.1, -0.05) is 35.8 Å². The molecule has 0 bridgehead atoms. The summed E-state index contributed by atoms with van der Waals surface area (Å²) in [6, 6.07) is 5.34. The molecule has 0 fully saturated rings. The number of nitrogens with one attached hydrogen (secondary N) is 1. The fraction of sp³-hybridized carbons (Fsp3) is 0.500. The van der Waals surface area contributed by atoms with E-state index >= 15 is 0 Å². The van der Waals surface area contributed by atoms with Gasteiger partial charge in [-0.2, -0.15) is 0 Å². The molecule has 0 saturated carbocycles. The Labute approximate surface area is 105 Å². The highest BCUT2D eigenvalue weighted by Crippen LogP contribution is 2.18. The second-order valence-electron chi connectivity index (χ2n) is 3.79. The Morgan fingerprint density at radius 1 is 1.44 bits per heavy atom. The predicted octanol–water partition coefficient (Wildman–Crippen LogP) is 2.77. The van der Waals surface area contributed by atoms with E-state index in [1.807, 2.05) is 6.07 Å².